The Hall–Kier alpha value is -0.910. The third-order valence-electron chi connectivity index (χ3n) is 2.80. The fourth-order valence-corrected chi connectivity index (χ4v) is 2.51. The van der Waals surface area contributed by atoms with Gasteiger partial charge in [0, 0.05) is 22.6 Å². The summed E-state index contributed by atoms with van der Waals surface area (Å²) in [6.07, 6.45) is 1.69. The quantitative estimate of drug-likeness (QED) is 0.937. The van der Waals surface area contributed by atoms with Crippen LogP contribution in [0.4, 0.5) is 0 Å². The molecule has 0 aliphatic rings. The van der Waals surface area contributed by atoms with Gasteiger partial charge in [-0.15, -0.1) is 10.2 Å². The van der Waals surface area contributed by atoms with Crippen LogP contribution in [0.1, 0.15) is 24.4 Å². The lowest BCUT2D eigenvalue weighted by molar-refractivity contribution is 0.548. The largest absolute Gasteiger partial charge is 0.320 e. The number of nitrogens with one attached hydrogen (secondary N) is 1. The number of rotatable bonds is 4. The Kier molecular flexibility index (Phi) is 4.37. The molecule has 0 fully saturated rings. The van der Waals surface area contributed by atoms with E-state index in [1.807, 2.05) is 29.8 Å². The van der Waals surface area contributed by atoms with E-state index in [0.29, 0.717) is 6.54 Å². The molecule has 2 rings (SSSR count). The first-order valence-corrected chi connectivity index (χ1v) is 6.76. The maximum atomic E-state index is 6.21. The molecule has 1 N–H and O–H groups in total. The molecule has 1 heterocycles. The number of halogens is 2. The Morgan fingerprint density at radius 2 is 2.28 bits per heavy atom. The Labute approximate surface area is 119 Å². The van der Waals surface area contributed by atoms with E-state index < -0.39 is 0 Å². The average molecular weight is 330 g/mol. The molecule has 0 radical (unpaired) electrons. The first-order valence-electron chi connectivity index (χ1n) is 5.59. The van der Waals surface area contributed by atoms with Gasteiger partial charge in [0.05, 0.1) is 6.54 Å². The number of hydrogen-bond acceptors (Lipinski definition) is 3. The predicted molar refractivity (Wildman–Crippen MR) is 75.4 cm³/mol. The number of aromatic nitrogens is 3. The smallest absolute Gasteiger partial charge is 0.146 e. The summed E-state index contributed by atoms with van der Waals surface area (Å²) in [5, 5.41) is 12.0. The van der Waals surface area contributed by atoms with Gasteiger partial charge in [-0.05, 0) is 24.6 Å². The maximum Gasteiger partial charge on any atom is 0.146 e. The maximum absolute atomic E-state index is 6.21. The summed E-state index contributed by atoms with van der Waals surface area (Å²) < 4.78 is 2.87. The van der Waals surface area contributed by atoms with E-state index in [0.717, 1.165) is 20.9 Å². The Morgan fingerprint density at radius 3 is 2.89 bits per heavy atom. The van der Waals surface area contributed by atoms with Crippen molar-refractivity contribution in [1.82, 2.24) is 20.1 Å². The molecule has 96 valence electrons. The molecule has 6 heteroatoms. The predicted octanol–water partition coefficient (Wildman–Crippen LogP) is 3.08. The summed E-state index contributed by atoms with van der Waals surface area (Å²) in [5.74, 6) is 0.898. The van der Waals surface area contributed by atoms with E-state index >= 15 is 0 Å². The molecular formula is C12H14BrClN4. The molecule has 0 aliphatic heterocycles. The van der Waals surface area contributed by atoms with Crippen molar-refractivity contribution in [3.8, 4) is 0 Å². The van der Waals surface area contributed by atoms with E-state index in [2.05, 4.69) is 38.4 Å². The first-order chi connectivity index (χ1) is 8.58. The third-order valence-corrected chi connectivity index (χ3v) is 3.62. The Bertz CT molecular complexity index is 541. The van der Waals surface area contributed by atoms with Crippen LogP contribution >= 0.6 is 27.5 Å². The van der Waals surface area contributed by atoms with Crippen LogP contribution in [0.3, 0.4) is 0 Å². The van der Waals surface area contributed by atoms with E-state index in [1.165, 1.54) is 0 Å². The van der Waals surface area contributed by atoms with Gasteiger partial charge in [-0.1, -0.05) is 33.6 Å². The van der Waals surface area contributed by atoms with Crippen molar-refractivity contribution in [3.63, 3.8) is 0 Å². The molecule has 0 saturated carbocycles. The summed E-state index contributed by atoms with van der Waals surface area (Å²) in [4.78, 5) is 0. The number of nitrogens with zero attached hydrogens (tertiary/aromatic N) is 3. The summed E-state index contributed by atoms with van der Waals surface area (Å²) in [5.41, 5.74) is 1.07. The van der Waals surface area contributed by atoms with Crippen LogP contribution in [0.25, 0.3) is 0 Å². The van der Waals surface area contributed by atoms with Crippen LogP contribution < -0.4 is 5.32 Å². The van der Waals surface area contributed by atoms with Gasteiger partial charge < -0.3 is 9.88 Å². The topological polar surface area (TPSA) is 42.7 Å². The standard InChI is InChI=1S/C12H14BrClN4/c1-8(10-4-3-9(13)5-11(10)14)15-6-12-17-16-7-18(12)2/h3-5,7-8,15H,6H2,1-2H3. The summed E-state index contributed by atoms with van der Waals surface area (Å²) >= 11 is 9.61. The lowest BCUT2D eigenvalue weighted by atomic mass is 10.1. The highest BCUT2D eigenvalue weighted by atomic mass is 79.9. The van der Waals surface area contributed by atoms with Crippen molar-refractivity contribution >= 4 is 27.5 Å². The van der Waals surface area contributed by atoms with Crippen LogP contribution in [-0.2, 0) is 13.6 Å². The molecule has 0 saturated heterocycles. The van der Waals surface area contributed by atoms with Crippen molar-refractivity contribution in [2.24, 2.45) is 7.05 Å². The lowest BCUT2D eigenvalue weighted by Crippen LogP contribution is -2.20. The zero-order valence-electron chi connectivity index (χ0n) is 10.2. The molecule has 1 atom stereocenters. The molecular weight excluding hydrogens is 316 g/mol. The lowest BCUT2D eigenvalue weighted by Gasteiger charge is -2.15. The van der Waals surface area contributed by atoms with E-state index in [4.69, 9.17) is 11.6 Å². The van der Waals surface area contributed by atoms with Crippen LogP contribution in [0, 0.1) is 0 Å². The van der Waals surface area contributed by atoms with E-state index in [1.54, 1.807) is 6.33 Å². The molecule has 0 aliphatic carbocycles. The summed E-state index contributed by atoms with van der Waals surface area (Å²) in [6, 6.07) is 6.06. The minimum atomic E-state index is 0.155. The summed E-state index contributed by atoms with van der Waals surface area (Å²) in [6.45, 7) is 2.73. The monoisotopic (exact) mass is 328 g/mol. The highest BCUT2D eigenvalue weighted by molar-refractivity contribution is 9.10. The Balaban J connectivity index is 2.03. The van der Waals surface area contributed by atoms with Gasteiger partial charge in [0.1, 0.15) is 12.2 Å². The molecule has 1 aromatic heterocycles. The third kappa shape index (κ3) is 3.10. The first kappa shape index (κ1) is 13.5. The van der Waals surface area contributed by atoms with Gasteiger partial charge >= 0.3 is 0 Å². The second-order valence-corrected chi connectivity index (χ2v) is 5.45. The molecule has 4 nitrogen and oxygen atoms in total. The van der Waals surface area contributed by atoms with Crippen molar-refractivity contribution < 1.29 is 0 Å². The van der Waals surface area contributed by atoms with E-state index in [9.17, 15) is 0 Å². The van der Waals surface area contributed by atoms with Crippen molar-refractivity contribution in [2.75, 3.05) is 0 Å². The number of hydrogen-bond donors (Lipinski definition) is 1. The highest BCUT2D eigenvalue weighted by Gasteiger charge is 2.10. The number of aryl methyl sites for hydroxylation is 1. The van der Waals surface area contributed by atoms with Crippen LogP contribution in [0.5, 0.6) is 0 Å². The minimum Gasteiger partial charge on any atom is -0.320 e. The van der Waals surface area contributed by atoms with Crippen molar-refractivity contribution in [3.05, 3.63) is 45.4 Å². The highest BCUT2D eigenvalue weighted by Crippen LogP contribution is 2.26. The zero-order valence-corrected chi connectivity index (χ0v) is 12.5. The second kappa shape index (κ2) is 5.82. The molecule has 2 aromatic rings. The van der Waals surface area contributed by atoms with Gasteiger partial charge in [0.25, 0.3) is 0 Å². The molecule has 0 spiro atoms. The molecule has 0 bridgehead atoms. The van der Waals surface area contributed by atoms with Gasteiger partial charge in [0.15, 0.2) is 0 Å². The van der Waals surface area contributed by atoms with Crippen molar-refractivity contribution in [1.29, 1.82) is 0 Å². The zero-order chi connectivity index (χ0) is 13.1. The van der Waals surface area contributed by atoms with E-state index in [-0.39, 0.29) is 6.04 Å². The SMILES string of the molecule is CC(NCc1nncn1C)c1ccc(Br)cc1Cl. The average Bonchev–Trinajstić information content (AvgIpc) is 2.72. The molecule has 18 heavy (non-hydrogen) atoms. The molecule has 0 amide bonds. The van der Waals surface area contributed by atoms with Crippen LogP contribution in [0.2, 0.25) is 5.02 Å². The van der Waals surface area contributed by atoms with Crippen LogP contribution in [0.15, 0.2) is 29.0 Å². The molecule has 1 aromatic carbocycles. The normalized spacial score (nSPS) is 12.7. The Morgan fingerprint density at radius 1 is 1.50 bits per heavy atom. The fraction of sp³-hybridized carbons (Fsp3) is 0.333. The van der Waals surface area contributed by atoms with Gasteiger partial charge in [0.2, 0.25) is 0 Å². The second-order valence-electron chi connectivity index (χ2n) is 4.13. The van der Waals surface area contributed by atoms with Gasteiger partial charge in [-0.2, -0.15) is 0 Å². The van der Waals surface area contributed by atoms with Gasteiger partial charge in [-0.3, -0.25) is 0 Å². The minimum absolute atomic E-state index is 0.155. The number of benzene rings is 1. The molecule has 1 unspecified atom stereocenters. The van der Waals surface area contributed by atoms with Gasteiger partial charge in [-0.25, -0.2) is 0 Å². The van der Waals surface area contributed by atoms with Crippen molar-refractivity contribution in [2.45, 2.75) is 19.5 Å². The van der Waals surface area contributed by atoms with Crippen LogP contribution in [-0.4, -0.2) is 14.8 Å². The fourth-order valence-electron chi connectivity index (χ4n) is 1.67. The summed E-state index contributed by atoms with van der Waals surface area (Å²) in [7, 11) is 1.92.